The summed E-state index contributed by atoms with van der Waals surface area (Å²) in [4.78, 5) is 0. The zero-order chi connectivity index (χ0) is 12.4. The molecule has 0 aliphatic heterocycles. The fraction of sp³-hybridized carbons (Fsp3) is 0.333. The van der Waals surface area contributed by atoms with E-state index in [0.29, 0.717) is 0 Å². The molecule has 0 bridgehead atoms. The Bertz CT molecular complexity index is 521. The molecule has 0 saturated heterocycles. The molecule has 0 spiro atoms. The third-order valence-corrected chi connectivity index (χ3v) is 3.38. The second kappa shape index (κ2) is 4.98. The van der Waals surface area contributed by atoms with Gasteiger partial charge >= 0.3 is 0 Å². The van der Waals surface area contributed by atoms with Crippen molar-refractivity contribution in [2.45, 2.75) is 13.0 Å². The topological polar surface area (TPSA) is 42.7 Å². The zero-order valence-electron chi connectivity index (χ0n) is 10.1. The highest BCUT2D eigenvalue weighted by Gasteiger charge is 2.18. The van der Waals surface area contributed by atoms with E-state index in [-0.39, 0.29) is 6.04 Å². The van der Waals surface area contributed by atoms with Gasteiger partial charge < -0.3 is 5.32 Å². The molecule has 0 aliphatic carbocycles. The van der Waals surface area contributed by atoms with Gasteiger partial charge in [0, 0.05) is 11.5 Å². The zero-order valence-corrected chi connectivity index (χ0v) is 11.7. The van der Waals surface area contributed by atoms with Crippen molar-refractivity contribution in [3.63, 3.8) is 0 Å². The molecule has 1 N–H and O–H groups in total. The van der Waals surface area contributed by atoms with Gasteiger partial charge in [-0.1, -0.05) is 27.2 Å². The minimum Gasteiger partial charge on any atom is -0.308 e. The second-order valence-corrected chi connectivity index (χ2v) is 4.92. The number of hydrogen-bond acceptors (Lipinski definition) is 3. The maximum atomic E-state index is 3.98. The average molecular weight is 295 g/mol. The van der Waals surface area contributed by atoms with Crippen molar-refractivity contribution < 1.29 is 0 Å². The first-order valence-electron chi connectivity index (χ1n) is 5.41. The third-order valence-electron chi connectivity index (χ3n) is 2.89. The first-order chi connectivity index (χ1) is 8.13. The summed E-state index contributed by atoms with van der Waals surface area (Å²) in [5.74, 6) is 0. The molecule has 17 heavy (non-hydrogen) atoms. The SMILES string of the molecule is CNC(c1cc(Br)ccc1C)c1cnnn1C. The summed E-state index contributed by atoms with van der Waals surface area (Å²) in [6, 6.07) is 6.39. The Labute approximate surface area is 109 Å². The fourth-order valence-electron chi connectivity index (χ4n) is 1.94. The van der Waals surface area contributed by atoms with Gasteiger partial charge in [-0.2, -0.15) is 0 Å². The molecule has 5 heteroatoms. The standard InChI is InChI=1S/C12H15BrN4/c1-8-4-5-9(13)6-10(8)12(14-2)11-7-15-16-17(11)3/h4-7,12,14H,1-3H3. The Morgan fingerprint density at radius 3 is 2.76 bits per heavy atom. The van der Waals surface area contributed by atoms with E-state index in [4.69, 9.17) is 0 Å². The van der Waals surface area contributed by atoms with Crippen LogP contribution in [0, 0.1) is 6.92 Å². The predicted molar refractivity (Wildman–Crippen MR) is 70.8 cm³/mol. The van der Waals surface area contributed by atoms with E-state index in [1.54, 1.807) is 10.9 Å². The highest BCUT2D eigenvalue weighted by atomic mass is 79.9. The van der Waals surface area contributed by atoms with Gasteiger partial charge in [0.25, 0.3) is 0 Å². The van der Waals surface area contributed by atoms with Crippen LogP contribution in [0.25, 0.3) is 0 Å². The molecule has 90 valence electrons. The number of aromatic nitrogens is 3. The lowest BCUT2D eigenvalue weighted by Gasteiger charge is -2.18. The smallest absolute Gasteiger partial charge is 0.0798 e. The molecule has 1 aromatic carbocycles. The Morgan fingerprint density at radius 2 is 2.18 bits per heavy atom. The number of halogens is 1. The Kier molecular flexibility index (Phi) is 3.59. The Balaban J connectivity index is 2.49. The molecule has 0 saturated carbocycles. The van der Waals surface area contributed by atoms with Gasteiger partial charge in [0.15, 0.2) is 0 Å². The van der Waals surface area contributed by atoms with Crippen molar-refractivity contribution in [3.8, 4) is 0 Å². The van der Waals surface area contributed by atoms with Crippen LogP contribution in [0.5, 0.6) is 0 Å². The van der Waals surface area contributed by atoms with Crippen LogP contribution in [0.4, 0.5) is 0 Å². The molecule has 1 aromatic heterocycles. The highest BCUT2D eigenvalue weighted by Crippen LogP contribution is 2.26. The molecule has 2 rings (SSSR count). The van der Waals surface area contributed by atoms with Crippen molar-refractivity contribution in [1.29, 1.82) is 0 Å². The molecule has 0 amide bonds. The fourth-order valence-corrected chi connectivity index (χ4v) is 2.32. The van der Waals surface area contributed by atoms with E-state index in [0.717, 1.165) is 10.2 Å². The molecule has 1 heterocycles. The summed E-state index contributed by atoms with van der Waals surface area (Å²) in [6.45, 7) is 2.11. The molecule has 0 radical (unpaired) electrons. The number of aryl methyl sites for hydroxylation is 2. The summed E-state index contributed by atoms with van der Waals surface area (Å²) in [5, 5.41) is 11.2. The monoisotopic (exact) mass is 294 g/mol. The number of hydrogen-bond donors (Lipinski definition) is 1. The number of nitrogens with one attached hydrogen (secondary N) is 1. The lowest BCUT2D eigenvalue weighted by Crippen LogP contribution is -2.21. The van der Waals surface area contributed by atoms with Gasteiger partial charge in [0.2, 0.25) is 0 Å². The van der Waals surface area contributed by atoms with Crippen molar-refractivity contribution >= 4 is 15.9 Å². The molecule has 0 fully saturated rings. The maximum absolute atomic E-state index is 3.98. The first-order valence-corrected chi connectivity index (χ1v) is 6.20. The second-order valence-electron chi connectivity index (χ2n) is 4.01. The van der Waals surface area contributed by atoms with Crippen molar-refractivity contribution in [3.05, 3.63) is 45.7 Å². The van der Waals surface area contributed by atoms with Crippen molar-refractivity contribution in [1.82, 2.24) is 20.3 Å². The van der Waals surface area contributed by atoms with Gasteiger partial charge in [-0.05, 0) is 37.2 Å². The van der Waals surface area contributed by atoms with Crippen LogP contribution in [-0.4, -0.2) is 22.0 Å². The lowest BCUT2D eigenvalue weighted by molar-refractivity contribution is 0.596. The van der Waals surface area contributed by atoms with Crippen LogP contribution in [0.15, 0.2) is 28.9 Å². The van der Waals surface area contributed by atoms with Gasteiger partial charge in [-0.3, -0.25) is 4.68 Å². The van der Waals surface area contributed by atoms with E-state index in [9.17, 15) is 0 Å². The van der Waals surface area contributed by atoms with Crippen LogP contribution < -0.4 is 5.32 Å². The van der Waals surface area contributed by atoms with E-state index < -0.39 is 0 Å². The summed E-state index contributed by atoms with van der Waals surface area (Å²) in [6.07, 6.45) is 1.79. The average Bonchev–Trinajstić information content (AvgIpc) is 2.71. The summed E-state index contributed by atoms with van der Waals surface area (Å²) < 4.78 is 2.87. The van der Waals surface area contributed by atoms with Crippen molar-refractivity contribution in [2.75, 3.05) is 7.05 Å². The number of benzene rings is 1. The Morgan fingerprint density at radius 1 is 1.41 bits per heavy atom. The van der Waals surface area contributed by atoms with Crippen LogP contribution in [-0.2, 0) is 7.05 Å². The lowest BCUT2D eigenvalue weighted by atomic mass is 9.99. The molecular weight excluding hydrogens is 280 g/mol. The molecule has 1 unspecified atom stereocenters. The van der Waals surface area contributed by atoms with Crippen LogP contribution in [0.3, 0.4) is 0 Å². The van der Waals surface area contributed by atoms with Gasteiger partial charge in [0.1, 0.15) is 0 Å². The van der Waals surface area contributed by atoms with E-state index in [1.165, 1.54) is 11.1 Å². The largest absolute Gasteiger partial charge is 0.308 e. The molecule has 0 aliphatic rings. The molecule has 1 atom stereocenters. The summed E-state index contributed by atoms with van der Waals surface area (Å²) in [5.41, 5.74) is 3.52. The van der Waals surface area contributed by atoms with E-state index >= 15 is 0 Å². The van der Waals surface area contributed by atoms with Gasteiger partial charge in [-0.25, -0.2) is 0 Å². The number of nitrogens with zero attached hydrogens (tertiary/aromatic N) is 3. The Hall–Kier alpha value is -1.20. The molecule has 4 nitrogen and oxygen atoms in total. The quantitative estimate of drug-likeness (QED) is 0.944. The van der Waals surface area contributed by atoms with Crippen molar-refractivity contribution in [2.24, 2.45) is 7.05 Å². The minimum atomic E-state index is 0.104. The third kappa shape index (κ3) is 2.40. The summed E-state index contributed by atoms with van der Waals surface area (Å²) >= 11 is 3.51. The van der Waals surface area contributed by atoms with E-state index in [1.807, 2.05) is 20.2 Å². The summed E-state index contributed by atoms with van der Waals surface area (Å²) in [7, 11) is 3.85. The van der Waals surface area contributed by atoms with Crippen LogP contribution in [0.1, 0.15) is 22.9 Å². The van der Waals surface area contributed by atoms with Crippen LogP contribution >= 0.6 is 15.9 Å². The van der Waals surface area contributed by atoms with Crippen LogP contribution in [0.2, 0.25) is 0 Å². The minimum absolute atomic E-state index is 0.104. The predicted octanol–water partition coefficient (Wildman–Crippen LogP) is 2.19. The number of rotatable bonds is 3. The van der Waals surface area contributed by atoms with E-state index in [2.05, 4.69) is 50.6 Å². The maximum Gasteiger partial charge on any atom is 0.0798 e. The van der Waals surface area contributed by atoms with Gasteiger partial charge in [-0.15, -0.1) is 5.10 Å². The first kappa shape index (κ1) is 12.3. The molecule has 2 aromatic rings. The van der Waals surface area contributed by atoms with Gasteiger partial charge in [0.05, 0.1) is 17.9 Å². The normalized spacial score (nSPS) is 12.7. The molecular formula is C12H15BrN4. The highest BCUT2D eigenvalue weighted by molar-refractivity contribution is 9.10.